The fraction of sp³-hybridized carbons (Fsp3) is 0.235. The van der Waals surface area contributed by atoms with Crippen molar-refractivity contribution in [1.29, 1.82) is 0 Å². The van der Waals surface area contributed by atoms with Crippen LogP contribution < -0.4 is 5.32 Å². The van der Waals surface area contributed by atoms with Crippen molar-refractivity contribution >= 4 is 27.7 Å². The van der Waals surface area contributed by atoms with Crippen LogP contribution in [0, 0.1) is 5.82 Å². The Labute approximate surface area is 151 Å². The van der Waals surface area contributed by atoms with Crippen molar-refractivity contribution in [1.82, 2.24) is 9.62 Å². The molecule has 25 heavy (non-hydrogen) atoms. The fourth-order valence-electron chi connectivity index (χ4n) is 2.00. The van der Waals surface area contributed by atoms with Crippen LogP contribution in [0.3, 0.4) is 0 Å². The molecule has 0 saturated carbocycles. The van der Waals surface area contributed by atoms with Gasteiger partial charge in [-0.1, -0.05) is 18.2 Å². The second kappa shape index (κ2) is 8.46. The normalized spacial score (nSPS) is 11.5. The number of rotatable bonds is 7. The van der Waals surface area contributed by atoms with Crippen molar-refractivity contribution in [2.45, 2.75) is 9.79 Å². The summed E-state index contributed by atoms with van der Waals surface area (Å²) >= 11 is 1.56. The van der Waals surface area contributed by atoms with Crippen molar-refractivity contribution in [2.75, 3.05) is 26.4 Å². The van der Waals surface area contributed by atoms with Crippen LogP contribution in [0.2, 0.25) is 0 Å². The van der Waals surface area contributed by atoms with Gasteiger partial charge < -0.3 is 5.32 Å². The van der Waals surface area contributed by atoms with Gasteiger partial charge in [0.05, 0.1) is 10.5 Å². The van der Waals surface area contributed by atoms with Gasteiger partial charge in [0.2, 0.25) is 10.0 Å². The molecule has 2 aromatic rings. The average Bonchev–Trinajstić information content (AvgIpc) is 2.59. The van der Waals surface area contributed by atoms with Gasteiger partial charge in [-0.05, 0) is 30.3 Å². The zero-order chi connectivity index (χ0) is 18.4. The number of hydrogen-bond acceptors (Lipinski definition) is 4. The Hall–Kier alpha value is -1.90. The number of amides is 1. The van der Waals surface area contributed by atoms with Crippen LogP contribution in [0.4, 0.5) is 4.39 Å². The minimum Gasteiger partial charge on any atom is -0.351 e. The number of benzene rings is 2. The van der Waals surface area contributed by atoms with E-state index >= 15 is 0 Å². The Morgan fingerprint density at radius 1 is 1.16 bits per heavy atom. The van der Waals surface area contributed by atoms with E-state index in [2.05, 4.69) is 5.32 Å². The number of nitrogens with one attached hydrogen (secondary N) is 1. The van der Waals surface area contributed by atoms with Gasteiger partial charge in [-0.3, -0.25) is 4.79 Å². The molecule has 0 aliphatic rings. The Balaban J connectivity index is 2.01. The lowest BCUT2D eigenvalue weighted by Crippen LogP contribution is -2.27. The molecule has 2 aromatic carbocycles. The van der Waals surface area contributed by atoms with E-state index in [9.17, 15) is 17.6 Å². The van der Waals surface area contributed by atoms with Crippen LogP contribution in [-0.2, 0) is 10.0 Å². The maximum Gasteiger partial charge on any atom is 0.254 e. The minimum atomic E-state index is -3.73. The summed E-state index contributed by atoms with van der Waals surface area (Å²) in [7, 11) is -0.980. The average molecular weight is 382 g/mol. The number of sulfonamides is 1. The van der Waals surface area contributed by atoms with Crippen LogP contribution in [0.15, 0.2) is 58.3 Å². The third-order valence-corrected chi connectivity index (χ3v) is 6.19. The van der Waals surface area contributed by atoms with E-state index in [1.54, 1.807) is 11.8 Å². The Bertz CT molecular complexity index is 840. The highest BCUT2D eigenvalue weighted by atomic mass is 32.2. The summed E-state index contributed by atoms with van der Waals surface area (Å²) < 4.78 is 39.1. The smallest absolute Gasteiger partial charge is 0.254 e. The number of halogens is 1. The number of carbonyl (C=O) groups is 1. The Morgan fingerprint density at radius 3 is 2.48 bits per heavy atom. The topological polar surface area (TPSA) is 66.5 Å². The summed E-state index contributed by atoms with van der Waals surface area (Å²) in [6.07, 6.45) is 0. The molecule has 0 saturated heterocycles. The quantitative estimate of drug-likeness (QED) is 0.590. The third-order valence-electron chi connectivity index (χ3n) is 3.36. The molecule has 0 aliphatic heterocycles. The van der Waals surface area contributed by atoms with Gasteiger partial charge in [0, 0.05) is 31.3 Å². The van der Waals surface area contributed by atoms with Crippen LogP contribution in [-0.4, -0.2) is 45.0 Å². The highest BCUT2D eigenvalue weighted by molar-refractivity contribution is 7.99. The fourth-order valence-corrected chi connectivity index (χ4v) is 3.71. The molecule has 0 atom stereocenters. The predicted octanol–water partition coefficient (Wildman–Crippen LogP) is 2.60. The van der Waals surface area contributed by atoms with Crippen LogP contribution in [0.25, 0.3) is 0 Å². The lowest BCUT2D eigenvalue weighted by molar-refractivity contribution is 0.0952. The summed E-state index contributed by atoms with van der Waals surface area (Å²) in [5.74, 6) is -0.777. The lowest BCUT2D eigenvalue weighted by Gasteiger charge is -2.13. The molecule has 0 aromatic heterocycles. The second-order valence-corrected chi connectivity index (χ2v) is 8.67. The molecule has 0 fully saturated rings. The largest absolute Gasteiger partial charge is 0.351 e. The Morgan fingerprint density at radius 2 is 1.84 bits per heavy atom. The first-order valence-corrected chi connectivity index (χ1v) is 9.93. The SMILES string of the molecule is CN(C)S(=O)(=O)c1ccc(F)c(C(=O)NCCSc2ccccc2)c1. The molecular weight excluding hydrogens is 363 g/mol. The van der Waals surface area contributed by atoms with E-state index in [0.717, 1.165) is 27.4 Å². The van der Waals surface area contributed by atoms with Gasteiger partial charge in [0.1, 0.15) is 5.82 Å². The molecule has 5 nitrogen and oxygen atoms in total. The zero-order valence-electron chi connectivity index (χ0n) is 13.9. The monoisotopic (exact) mass is 382 g/mol. The maximum absolute atomic E-state index is 13.9. The van der Waals surface area contributed by atoms with Crippen molar-refractivity contribution in [3.63, 3.8) is 0 Å². The summed E-state index contributed by atoms with van der Waals surface area (Å²) in [6, 6.07) is 12.9. The van der Waals surface area contributed by atoms with E-state index in [0.29, 0.717) is 12.3 Å². The van der Waals surface area contributed by atoms with E-state index in [1.165, 1.54) is 14.1 Å². The molecule has 0 spiro atoms. The van der Waals surface area contributed by atoms with Gasteiger partial charge in [-0.2, -0.15) is 0 Å². The molecule has 1 amide bonds. The zero-order valence-corrected chi connectivity index (χ0v) is 15.5. The van der Waals surface area contributed by atoms with Crippen molar-refractivity contribution < 1.29 is 17.6 Å². The first kappa shape index (κ1) is 19.4. The van der Waals surface area contributed by atoms with Crippen molar-refractivity contribution in [3.05, 3.63) is 59.9 Å². The molecule has 2 rings (SSSR count). The summed E-state index contributed by atoms with van der Waals surface area (Å²) in [6.45, 7) is 0.336. The van der Waals surface area contributed by atoms with Gasteiger partial charge in [-0.15, -0.1) is 11.8 Å². The van der Waals surface area contributed by atoms with Gasteiger partial charge in [0.25, 0.3) is 5.91 Å². The van der Waals surface area contributed by atoms with Crippen LogP contribution in [0.1, 0.15) is 10.4 Å². The lowest BCUT2D eigenvalue weighted by atomic mass is 10.2. The highest BCUT2D eigenvalue weighted by Gasteiger charge is 2.21. The molecule has 1 N–H and O–H groups in total. The molecular formula is C17H19FN2O3S2. The highest BCUT2D eigenvalue weighted by Crippen LogP contribution is 2.18. The standard InChI is InChI=1S/C17H19FN2O3S2/c1-20(2)25(22,23)14-8-9-16(18)15(12-14)17(21)19-10-11-24-13-6-4-3-5-7-13/h3-9,12H,10-11H2,1-2H3,(H,19,21). The van der Waals surface area contributed by atoms with E-state index < -0.39 is 21.7 Å². The Kier molecular flexibility index (Phi) is 6.57. The second-order valence-electron chi connectivity index (χ2n) is 5.35. The molecule has 134 valence electrons. The van der Waals surface area contributed by atoms with Gasteiger partial charge >= 0.3 is 0 Å². The molecule has 0 heterocycles. The first-order valence-electron chi connectivity index (χ1n) is 7.50. The third kappa shape index (κ3) is 5.04. The van der Waals surface area contributed by atoms with E-state index in [4.69, 9.17) is 0 Å². The molecule has 0 radical (unpaired) electrons. The number of carbonyl (C=O) groups excluding carboxylic acids is 1. The molecule has 0 unspecified atom stereocenters. The predicted molar refractivity (Wildman–Crippen MR) is 96.8 cm³/mol. The first-order chi connectivity index (χ1) is 11.8. The molecule has 0 bridgehead atoms. The number of thioether (sulfide) groups is 1. The van der Waals surface area contributed by atoms with Gasteiger partial charge in [0.15, 0.2) is 0 Å². The minimum absolute atomic E-state index is 0.122. The molecule has 8 heteroatoms. The van der Waals surface area contributed by atoms with Crippen LogP contribution >= 0.6 is 11.8 Å². The van der Waals surface area contributed by atoms with E-state index in [1.807, 2.05) is 30.3 Å². The summed E-state index contributed by atoms with van der Waals surface area (Å²) in [4.78, 5) is 13.1. The molecule has 0 aliphatic carbocycles. The van der Waals surface area contributed by atoms with Crippen molar-refractivity contribution in [3.8, 4) is 0 Å². The van der Waals surface area contributed by atoms with Crippen molar-refractivity contribution in [2.24, 2.45) is 0 Å². The summed E-state index contributed by atoms with van der Waals surface area (Å²) in [5, 5.41) is 2.61. The number of hydrogen-bond donors (Lipinski definition) is 1. The summed E-state index contributed by atoms with van der Waals surface area (Å²) in [5.41, 5.74) is -0.285. The van der Waals surface area contributed by atoms with Crippen LogP contribution in [0.5, 0.6) is 0 Å². The maximum atomic E-state index is 13.9. The van der Waals surface area contributed by atoms with E-state index in [-0.39, 0.29) is 10.5 Å². The number of nitrogens with zero attached hydrogens (tertiary/aromatic N) is 1. The van der Waals surface area contributed by atoms with Gasteiger partial charge in [-0.25, -0.2) is 17.1 Å².